The van der Waals surface area contributed by atoms with Crippen molar-refractivity contribution in [1.82, 2.24) is 4.98 Å². The molecular formula is C8H13ClN2S. The normalized spacial score (nSPS) is 11.6. The van der Waals surface area contributed by atoms with Crippen molar-refractivity contribution in [2.45, 2.75) is 13.8 Å². The Morgan fingerprint density at radius 2 is 2.42 bits per heavy atom. The summed E-state index contributed by atoms with van der Waals surface area (Å²) >= 11 is 7.39. The number of halogens is 1. The zero-order chi connectivity index (χ0) is 9.03. The quantitative estimate of drug-likeness (QED) is 0.764. The Labute approximate surface area is 82.0 Å². The van der Waals surface area contributed by atoms with Crippen molar-refractivity contribution in [2.24, 2.45) is 5.41 Å². The second kappa shape index (κ2) is 4.10. The third-order valence-electron chi connectivity index (χ3n) is 1.51. The zero-order valence-corrected chi connectivity index (χ0v) is 8.87. The number of aromatic nitrogens is 1. The smallest absolute Gasteiger partial charge is 0.182 e. The van der Waals surface area contributed by atoms with Gasteiger partial charge >= 0.3 is 0 Å². The molecule has 68 valence electrons. The predicted molar refractivity (Wildman–Crippen MR) is 55.1 cm³/mol. The van der Waals surface area contributed by atoms with E-state index in [9.17, 15) is 0 Å². The SMILES string of the molecule is CC(C)(CCl)CNc1nccs1. The van der Waals surface area contributed by atoms with Crippen LogP contribution in [0.5, 0.6) is 0 Å². The fourth-order valence-corrected chi connectivity index (χ4v) is 1.30. The van der Waals surface area contributed by atoms with Gasteiger partial charge in [-0.2, -0.15) is 0 Å². The molecule has 1 aromatic heterocycles. The molecule has 0 unspecified atom stereocenters. The number of rotatable bonds is 4. The van der Waals surface area contributed by atoms with Gasteiger partial charge in [0.1, 0.15) is 0 Å². The van der Waals surface area contributed by atoms with Gasteiger partial charge in [0.05, 0.1) is 0 Å². The molecule has 2 nitrogen and oxygen atoms in total. The van der Waals surface area contributed by atoms with Crippen LogP contribution in [0.15, 0.2) is 11.6 Å². The molecule has 0 atom stereocenters. The average molecular weight is 205 g/mol. The molecule has 0 fully saturated rings. The van der Waals surface area contributed by atoms with Gasteiger partial charge in [0.2, 0.25) is 0 Å². The lowest BCUT2D eigenvalue weighted by Gasteiger charge is -2.21. The summed E-state index contributed by atoms with van der Waals surface area (Å²) in [5.74, 6) is 0.658. The summed E-state index contributed by atoms with van der Waals surface area (Å²) < 4.78 is 0. The molecule has 0 aliphatic heterocycles. The molecule has 12 heavy (non-hydrogen) atoms. The van der Waals surface area contributed by atoms with Crippen molar-refractivity contribution in [3.05, 3.63) is 11.6 Å². The molecule has 4 heteroatoms. The summed E-state index contributed by atoms with van der Waals surface area (Å²) in [4.78, 5) is 4.12. The van der Waals surface area contributed by atoms with E-state index in [0.29, 0.717) is 5.88 Å². The van der Waals surface area contributed by atoms with Crippen LogP contribution in [0, 0.1) is 5.41 Å². The number of nitrogens with zero attached hydrogens (tertiary/aromatic N) is 1. The Morgan fingerprint density at radius 1 is 1.67 bits per heavy atom. The third kappa shape index (κ3) is 2.99. The van der Waals surface area contributed by atoms with Gasteiger partial charge in [0.15, 0.2) is 5.13 Å². The average Bonchev–Trinajstić information content (AvgIpc) is 2.53. The van der Waals surface area contributed by atoms with Crippen LogP contribution in [0.4, 0.5) is 5.13 Å². The number of nitrogens with one attached hydrogen (secondary N) is 1. The molecule has 0 saturated heterocycles. The Morgan fingerprint density at radius 3 is 2.92 bits per heavy atom. The standard InChI is InChI=1S/C8H13ClN2S/c1-8(2,5-9)6-11-7-10-3-4-12-7/h3-4H,5-6H2,1-2H3,(H,10,11). The topological polar surface area (TPSA) is 24.9 Å². The van der Waals surface area contributed by atoms with Gasteiger partial charge < -0.3 is 5.32 Å². The molecule has 0 spiro atoms. The molecule has 0 aliphatic carbocycles. The minimum absolute atomic E-state index is 0.132. The fourth-order valence-electron chi connectivity index (χ4n) is 0.673. The number of anilines is 1. The van der Waals surface area contributed by atoms with E-state index in [2.05, 4.69) is 24.1 Å². The predicted octanol–water partition coefficient (Wildman–Crippen LogP) is 2.82. The molecule has 0 bridgehead atoms. The second-order valence-corrected chi connectivity index (χ2v) is 4.65. The summed E-state index contributed by atoms with van der Waals surface area (Å²) in [6.07, 6.45) is 1.79. The van der Waals surface area contributed by atoms with Crippen molar-refractivity contribution in [3.63, 3.8) is 0 Å². The Bertz CT molecular complexity index is 221. The van der Waals surface area contributed by atoms with E-state index in [-0.39, 0.29) is 5.41 Å². The molecule has 1 N–H and O–H groups in total. The minimum Gasteiger partial charge on any atom is -0.361 e. The van der Waals surface area contributed by atoms with Crippen LogP contribution in [-0.2, 0) is 0 Å². The molecule has 0 amide bonds. The first kappa shape index (κ1) is 9.81. The van der Waals surface area contributed by atoms with Crippen LogP contribution in [-0.4, -0.2) is 17.4 Å². The van der Waals surface area contributed by atoms with Crippen LogP contribution in [0.1, 0.15) is 13.8 Å². The third-order valence-corrected chi connectivity index (χ3v) is 2.97. The highest BCUT2D eigenvalue weighted by molar-refractivity contribution is 7.13. The van der Waals surface area contributed by atoms with Gasteiger partial charge in [-0.1, -0.05) is 13.8 Å². The summed E-state index contributed by atoms with van der Waals surface area (Å²) in [6.45, 7) is 5.12. The van der Waals surface area contributed by atoms with Gasteiger partial charge in [-0.25, -0.2) is 4.98 Å². The van der Waals surface area contributed by atoms with E-state index < -0.39 is 0 Å². The summed E-state index contributed by atoms with van der Waals surface area (Å²) in [5.41, 5.74) is 0.132. The van der Waals surface area contributed by atoms with Crippen LogP contribution in [0.25, 0.3) is 0 Å². The van der Waals surface area contributed by atoms with Gasteiger partial charge in [-0.05, 0) is 5.41 Å². The number of hydrogen-bond donors (Lipinski definition) is 1. The lowest BCUT2D eigenvalue weighted by Crippen LogP contribution is -2.24. The highest BCUT2D eigenvalue weighted by Gasteiger charge is 2.15. The fraction of sp³-hybridized carbons (Fsp3) is 0.625. The molecule has 0 saturated carbocycles. The van der Waals surface area contributed by atoms with Gasteiger partial charge in [0.25, 0.3) is 0 Å². The van der Waals surface area contributed by atoms with E-state index in [0.717, 1.165) is 11.7 Å². The molecule has 0 radical (unpaired) electrons. The van der Waals surface area contributed by atoms with Crippen LogP contribution in [0.3, 0.4) is 0 Å². The monoisotopic (exact) mass is 204 g/mol. The van der Waals surface area contributed by atoms with Gasteiger partial charge in [-0.3, -0.25) is 0 Å². The number of hydrogen-bond acceptors (Lipinski definition) is 3. The van der Waals surface area contributed by atoms with E-state index in [1.165, 1.54) is 0 Å². The maximum Gasteiger partial charge on any atom is 0.182 e. The van der Waals surface area contributed by atoms with Gasteiger partial charge in [-0.15, -0.1) is 22.9 Å². The molecule has 0 aromatic carbocycles. The largest absolute Gasteiger partial charge is 0.361 e. The van der Waals surface area contributed by atoms with E-state index in [1.54, 1.807) is 17.5 Å². The first-order valence-corrected chi connectivity index (χ1v) is 5.25. The summed E-state index contributed by atoms with van der Waals surface area (Å²) in [7, 11) is 0. The maximum absolute atomic E-state index is 5.78. The zero-order valence-electron chi connectivity index (χ0n) is 7.30. The van der Waals surface area contributed by atoms with Crippen molar-refractivity contribution in [2.75, 3.05) is 17.7 Å². The van der Waals surface area contributed by atoms with Crippen molar-refractivity contribution >= 4 is 28.1 Å². The van der Waals surface area contributed by atoms with Crippen LogP contribution >= 0.6 is 22.9 Å². The number of thiazole rings is 1. The number of alkyl halides is 1. The van der Waals surface area contributed by atoms with Crippen LogP contribution < -0.4 is 5.32 Å². The Hall–Kier alpha value is -0.280. The molecule has 0 aliphatic rings. The minimum atomic E-state index is 0.132. The van der Waals surface area contributed by atoms with Gasteiger partial charge in [0, 0.05) is 24.0 Å². The highest BCUT2D eigenvalue weighted by Crippen LogP contribution is 2.19. The molecule has 1 rings (SSSR count). The summed E-state index contributed by atoms with van der Waals surface area (Å²) in [6, 6.07) is 0. The molecule has 1 heterocycles. The molecule has 1 aromatic rings. The first-order chi connectivity index (χ1) is 5.64. The first-order valence-electron chi connectivity index (χ1n) is 3.83. The van der Waals surface area contributed by atoms with Crippen molar-refractivity contribution < 1.29 is 0 Å². The Balaban J connectivity index is 2.36. The lowest BCUT2D eigenvalue weighted by atomic mass is 9.97. The van der Waals surface area contributed by atoms with E-state index >= 15 is 0 Å². The van der Waals surface area contributed by atoms with Crippen LogP contribution in [0.2, 0.25) is 0 Å². The maximum atomic E-state index is 5.78. The Kier molecular flexibility index (Phi) is 3.35. The lowest BCUT2D eigenvalue weighted by molar-refractivity contribution is 0.450. The highest BCUT2D eigenvalue weighted by atomic mass is 35.5. The van der Waals surface area contributed by atoms with E-state index in [1.807, 2.05) is 5.38 Å². The van der Waals surface area contributed by atoms with Crippen molar-refractivity contribution in [1.29, 1.82) is 0 Å². The second-order valence-electron chi connectivity index (χ2n) is 3.49. The van der Waals surface area contributed by atoms with Crippen molar-refractivity contribution in [3.8, 4) is 0 Å². The summed E-state index contributed by atoms with van der Waals surface area (Å²) in [5, 5.41) is 6.16. The molecular weight excluding hydrogens is 192 g/mol. The van der Waals surface area contributed by atoms with E-state index in [4.69, 9.17) is 11.6 Å².